The van der Waals surface area contributed by atoms with Crippen LogP contribution in [0.4, 0.5) is 0 Å². The zero-order valence-corrected chi connectivity index (χ0v) is 13.0. The zero-order valence-electron chi connectivity index (χ0n) is 13.0. The average Bonchev–Trinajstić information content (AvgIpc) is 3.29. The van der Waals surface area contributed by atoms with Crippen LogP contribution in [0.5, 0.6) is 0 Å². The third-order valence-corrected chi connectivity index (χ3v) is 4.83. The summed E-state index contributed by atoms with van der Waals surface area (Å²) in [5.74, 6) is 0.165. The number of fused-ring (bicyclic) bond motifs is 1. The third kappa shape index (κ3) is 2.52. The molecule has 1 aromatic heterocycles. The number of H-pyrrole nitrogens is 1. The van der Waals surface area contributed by atoms with Crippen LogP contribution < -0.4 is 5.32 Å². The number of para-hydroxylation sites is 1. The molecule has 0 bridgehead atoms. The molecule has 0 radical (unpaired) electrons. The summed E-state index contributed by atoms with van der Waals surface area (Å²) >= 11 is 0. The molecule has 3 aromatic rings. The molecule has 116 valence electrons. The minimum Gasteiger partial charge on any atom is -0.361 e. The van der Waals surface area contributed by atoms with Gasteiger partial charge < -0.3 is 10.3 Å². The molecule has 3 heteroatoms. The molecule has 1 amide bonds. The van der Waals surface area contributed by atoms with Crippen molar-refractivity contribution in [3.05, 3.63) is 71.9 Å². The molecule has 0 unspecified atom stereocenters. The molecule has 0 spiro atoms. The van der Waals surface area contributed by atoms with E-state index < -0.39 is 0 Å². The van der Waals surface area contributed by atoms with Gasteiger partial charge in [0.25, 0.3) is 0 Å². The van der Waals surface area contributed by atoms with Crippen molar-refractivity contribution in [3.8, 4) is 0 Å². The summed E-state index contributed by atoms with van der Waals surface area (Å²) in [6, 6.07) is 18.5. The van der Waals surface area contributed by atoms with E-state index in [0.29, 0.717) is 6.54 Å². The lowest BCUT2D eigenvalue weighted by atomic mass is 9.94. The molecule has 0 atom stereocenters. The van der Waals surface area contributed by atoms with Gasteiger partial charge in [0.05, 0.1) is 5.41 Å². The Kier molecular flexibility index (Phi) is 3.41. The first kappa shape index (κ1) is 14.1. The van der Waals surface area contributed by atoms with Crippen LogP contribution in [-0.2, 0) is 16.6 Å². The van der Waals surface area contributed by atoms with Gasteiger partial charge in [-0.05, 0) is 36.5 Å². The summed E-state index contributed by atoms with van der Waals surface area (Å²) in [4.78, 5) is 16.0. The van der Waals surface area contributed by atoms with Crippen molar-refractivity contribution >= 4 is 16.8 Å². The fraction of sp³-hybridized carbons (Fsp3) is 0.250. The highest BCUT2D eigenvalue weighted by Gasteiger charge is 2.52. The number of rotatable bonds is 5. The molecule has 1 aliphatic carbocycles. The Bertz CT molecular complexity index is 831. The molecule has 23 heavy (non-hydrogen) atoms. The molecular formula is C20H20N2O. The van der Waals surface area contributed by atoms with Gasteiger partial charge in [-0.2, -0.15) is 0 Å². The van der Waals surface area contributed by atoms with E-state index in [9.17, 15) is 4.79 Å². The fourth-order valence-electron chi connectivity index (χ4n) is 3.35. The number of hydrogen-bond acceptors (Lipinski definition) is 1. The van der Waals surface area contributed by atoms with E-state index in [1.165, 1.54) is 10.9 Å². The normalized spacial score (nSPS) is 15.5. The smallest absolute Gasteiger partial charge is 0.230 e. The van der Waals surface area contributed by atoms with Crippen molar-refractivity contribution in [1.29, 1.82) is 0 Å². The van der Waals surface area contributed by atoms with E-state index in [1.54, 1.807) is 0 Å². The van der Waals surface area contributed by atoms with Crippen LogP contribution in [0.2, 0.25) is 0 Å². The summed E-state index contributed by atoms with van der Waals surface area (Å²) in [5, 5.41) is 4.30. The van der Waals surface area contributed by atoms with Crippen molar-refractivity contribution in [1.82, 2.24) is 10.3 Å². The summed E-state index contributed by atoms with van der Waals surface area (Å²) in [6.45, 7) is 0.687. The zero-order chi connectivity index (χ0) is 15.7. The van der Waals surface area contributed by atoms with E-state index in [4.69, 9.17) is 0 Å². The molecule has 2 N–H and O–H groups in total. The lowest BCUT2D eigenvalue weighted by Gasteiger charge is -2.15. The minimum absolute atomic E-state index is 0.165. The largest absolute Gasteiger partial charge is 0.361 e. The average molecular weight is 304 g/mol. The van der Waals surface area contributed by atoms with Gasteiger partial charge in [-0.15, -0.1) is 0 Å². The van der Waals surface area contributed by atoms with Crippen molar-refractivity contribution < 1.29 is 4.79 Å². The van der Waals surface area contributed by atoms with Crippen LogP contribution in [0.3, 0.4) is 0 Å². The van der Waals surface area contributed by atoms with Gasteiger partial charge in [-0.1, -0.05) is 48.5 Å². The molecule has 1 saturated carbocycles. The second-order valence-electron chi connectivity index (χ2n) is 6.32. The first-order chi connectivity index (χ1) is 11.3. The quantitative estimate of drug-likeness (QED) is 0.744. The molecule has 0 aliphatic heterocycles. The van der Waals surface area contributed by atoms with Gasteiger partial charge in [-0.3, -0.25) is 4.79 Å². The second kappa shape index (κ2) is 5.58. The Morgan fingerprint density at radius 3 is 2.57 bits per heavy atom. The van der Waals surface area contributed by atoms with Crippen LogP contribution in [0.1, 0.15) is 24.0 Å². The maximum Gasteiger partial charge on any atom is 0.230 e. The number of nitrogens with one attached hydrogen (secondary N) is 2. The Labute approximate surface area is 135 Å². The number of hydrogen-bond donors (Lipinski definition) is 2. The number of benzene rings is 2. The fourth-order valence-corrected chi connectivity index (χ4v) is 3.35. The Morgan fingerprint density at radius 2 is 1.78 bits per heavy atom. The standard InChI is InChI=1S/C20H20N2O/c23-19(21-13-10-15-6-2-1-3-7-15)20(11-12-20)17-14-22-18-9-5-4-8-16(17)18/h1-9,14,22H,10-13H2,(H,21,23). The van der Waals surface area contributed by atoms with E-state index in [-0.39, 0.29) is 11.3 Å². The molecular weight excluding hydrogens is 284 g/mol. The number of carbonyl (C=O) groups is 1. The van der Waals surface area contributed by atoms with Crippen LogP contribution in [0.15, 0.2) is 60.8 Å². The molecule has 1 aliphatic rings. The highest BCUT2D eigenvalue weighted by molar-refractivity contribution is 5.97. The second-order valence-corrected chi connectivity index (χ2v) is 6.32. The molecule has 3 nitrogen and oxygen atoms in total. The third-order valence-electron chi connectivity index (χ3n) is 4.83. The van der Waals surface area contributed by atoms with Crippen LogP contribution >= 0.6 is 0 Å². The molecule has 1 fully saturated rings. The minimum atomic E-state index is -0.323. The molecule has 4 rings (SSSR count). The predicted molar refractivity (Wildman–Crippen MR) is 92.4 cm³/mol. The number of aromatic nitrogens is 1. The van der Waals surface area contributed by atoms with E-state index in [2.05, 4.69) is 34.6 Å². The van der Waals surface area contributed by atoms with Crippen LogP contribution in [0.25, 0.3) is 10.9 Å². The predicted octanol–water partition coefficient (Wildman–Crippen LogP) is 3.56. The highest BCUT2D eigenvalue weighted by Crippen LogP contribution is 2.50. The Hall–Kier alpha value is -2.55. The summed E-state index contributed by atoms with van der Waals surface area (Å²) < 4.78 is 0. The van der Waals surface area contributed by atoms with Gasteiger partial charge in [-0.25, -0.2) is 0 Å². The Morgan fingerprint density at radius 1 is 1.04 bits per heavy atom. The highest BCUT2D eigenvalue weighted by atomic mass is 16.2. The lowest BCUT2D eigenvalue weighted by molar-refractivity contribution is -0.123. The van der Waals surface area contributed by atoms with Gasteiger partial charge in [0.2, 0.25) is 5.91 Å². The molecule has 1 heterocycles. The first-order valence-corrected chi connectivity index (χ1v) is 8.18. The topological polar surface area (TPSA) is 44.9 Å². The first-order valence-electron chi connectivity index (χ1n) is 8.18. The van der Waals surface area contributed by atoms with Gasteiger partial charge in [0, 0.05) is 23.6 Å². The monoisotopic (exact) mass is 304 g/mol. The summed E-state index contributed by atoms with van der Waals surface area (Å²) in [7, 11) is 0. The molecule has 0 saturated heterocycles. The Balaban J connectivity index is 1.47. The number of aromatic amines is 1. The van der Waals surface area contributed by atoms with Crippen LogP contribution in [0, 0.1) is 0 Å². The van der Waals surface area contributed by atoms with E-state index in [1.807, 2.05) is 36.5 Å². The van der Waals surface area contributed by atoms with Gasteiger partial charge >= 0.3 is 0 Å². The lowest BCUT2D eigenvalue weighted by Crippen LogP contribution is -2.35. The van der Waals surface area contributed by atoms with E-state index >= 15 is 0 Å². The van der Waals surface area contributed by atoms with Crippen molar-refractivity contribution in [2.75, 3.05) is 6.54 Å². The summed E-state index contributed by atoms with van der Waals surface area (Å²) in [5.41, 5.74) is 3.18. The maximum absolute atomic E-state index is 12.7. The maximum atomic E-state index is 12.7. The molecule has 2 aromatic carbocycles. The van der Waals surface area contributed by atoms with Gasteiger partial charge in [0.15, 0.2) is 0 Å². The van der Waals surface area contributed by atoms with Gasteiger partial charge in [0.1, 0.15) is 0 Å². The van der Waals surface area contributed by atoms with Crippen molar-refractivity contribution in [2.24, 2.45) is 0 Å². The van der Waals surface area contributed by atoms with Crippen LogP contribution in [-0.4, -0.2) is 17.4 Å². The summed E-state index contributed by atoms with van der Waals surface area (Å²) in [6.07, 6.45) is 4.75. The van der Waals surface area contributed by atoms with E-state index in [0.717, 1.165) is 30.3 Å². The number of carbonyl (C=O) groups excluding carboxylic acids is 1. The van der Waals surface area contributed by atoms with Crippen molar-refractivity contribution in [2.45, 2.75) is 24.7 Å². The SMILES string of the molecule is O=C(NCCc1ccccc1)C1(c2c[nH]c3ccccc23)CC1. The van der Waals surface area contributed by atoms with Crippen molar-refractivity contribution in [3.63, 3.8) is 0 Å². The number of amides is 1.